The Balaban J connectivity index is 1.75. The molecule has 0 amide bonds. The second kappa shape index (κ2) is 8.18. The highest BCUT2D eigenvalue weighted by Gasteiger charge is 2.57. The first-order valence-corrected chi connectivity index (χ1v) is 10.3. The number of carbonyl (C=O) groups excluding carboxylic acids is 3. The summed E-state index contributed by atoms with van der Waals surface area (Å²) in [6.07, 6.45) is 7.10. The Hall–Kier alpha value is -3.55. The van der Waals surface area contributed by atoms with Crippen molar-refractivity contribution < 1.29 is 33.3 Å². The van der Waals surface area contributed by atoms with E-state index < -0.39 is 23.5 Å². The summed E-state index contributed by atoms with van der Waals surface area (Å²) in [6.45, 7) is 0.354. The molecule has 3 aliphatic rings. The second-order valence-corrected chi connectivity index (χ2v) is 7.92. The smallest absolute Gasteiger partial charge is 0.354 e. The summed E-state index contributed by atoms with van der Waals surface area (Å²) in [5, 5.41) is 0. The fourth-order valence-corrected chi connectivity index (χ4v) is 4.83. The number of ether oxygens (including phenoxy) is 4. The van der Waals surface area contributed by atoms with E-state index in [1.807, 2.05) is 18.2 Å². The Morgan fingerprint density at radius 1 is 1.22 bits per heavy atom. The third-order valence-corrected chi connectivity index (χ3v) is 6.40. The van der Waals surface area contributed by atoms with Gasteiger partial charge >= 0.3 is 11.9 Å². The van der Waals surface area contributed by atoms with E-state index in [2.05, 4.69) is 10.8 Å². The molecule has 0 spiro atoms. The maximum absolute atomic E-state index is 12.9. The van der Waals surface area contributed by atoms with Crippen LogP contribution >= 0.6 is 0 Å². The SMILES string of the molecule is COC(=O)/C=C(\C(=O)OC)N(C)CC[C@]12C3=CCc4ccc(OC)c(c41)O[C@H]2C(=O)C=C3. The third-order valence-electron chi connectivity index (χ3n) is 6.40. The molecule has 8 nitrogen and oxygen atoms in total. The van der Waals surface area contributed by atoms with Crippen LogP contribution in [-0.2, 0) is 35.7 Å². The lowest BCUT2D eigenvalue weighted by Crippen LogP contribution is -2.49. The summed E-state index contributed by atoms with van der Waals surface area (Å²) in [5.41, 5.74) is 2.41. The fraction of sp³-hybridized carbons (Fsp3) is 0.375. The molecule has 0 N–H and O–H groups in total. The Labute approximate surface area is 186 Å². The molecule has 0 saturated heterocycles. The van der Waals surface area contributed by atoms with Crippen LogP contribution in [0.15, 0.2) is 47.7 Å². The van der Waals surface area contributed by atoms with Gasteiger partial charge in [0.05, 0.1) is 32.8 Å². The first-order chi connectivity index (χ1) is 15.4. The van der Waals surface area contributed by atoms with Crippen molar-refractivity contribution in [3.8, 4) is 11.5 Å². The van der Waals surface area contributed by atoms with E-state index in [0.717, 1.165) is 29.2 Å². The van der Waals surface area contributed by atoms with Crippen LogP contribution in [-0.4, -0.2) is 63.6 Å². The topological polar surface area (TPSA) is 91.4 Å². The number of likely N-dealkylation sites (N-methyl/N-ethyl adjacent to an activating group) is 1. The average Bonchev–Trinajstić information content (AvgIpc) is 3.17. The van der Waals surface area contributed by atoms with Crippen LogP contribution in [0.4, 0.5) is 0 Å². The molecule has 0 fully saturated rings. The number of carbonyl (C=O) groups is 3. The average molecular weight is 439 g/mol. The molecule has 1 aliphatic heterocycles. The molecular weight excluding hydrogens is 414 g/mol. The molecule has 32 heavy (non-hydrogen) atoms. The lowest BCUT2D eigenvalue weighted by atomic mass is 9.61. The van der Waals surface area contributed by atoms with E-state index in [9.17, 15) is 14.4 Å². The predicted octanol–water partition coefficient (Wildman–Crippen LogP) is 1.87. The maximum Gasteiger partial charge on any atom is 0.354 e. The van der Waals surface area contributed by atoms with Crippen LogP contribution < -0.4 is 9.47 Å². The van der Waals surface area contributed by atoms with Gasteiger partial charge in [0, 0.05) is 19.2 Å². The van der Waals surface area contributed by atoms with Gasteiger partial charge < -0.3 is 23.8 Å². The number of allylic oxidation sites excluding steroid dienone is 2. The van der Waals surface area contributed by atoms with Gasteiger partial charge in [-0.05, 0) is 36.1 Å². The van der Waals surface area contributed by atoms with Gasteiger partial charge in [-0.25, -0.2) is 9.59 Å². The van der Waals surface area contributed by atoms with Crippen LogP contribution in [0.1, 0.15) is 17.5 Å². The molecule has 0 saturated carbocycles. The molecular formula is C24H25NO7. The minimum Gasteiger partial charge on any atom is -0.493 e. The molecule has 4 rings (SSSR count). The fourth-order valence-electron chi connectivity index (χ4n) is 4.83. The van der Waals surface area contributed by atoms with Crippen LogP contribution in [0.3, 0.4) is 0 Å². The molecule has 8 heteroatoms. The Bertz CT molecular complexity index is 1080. The number of rotatable bonds is 7. The van der Waals surface area contributed by atoms with Gasteiger partial charge in [0.2, 0.25) is 0 Å². The summed E-state index contributed by atoms with van der Waals surface area (Å²) in [6, 6.07) is 3.86. The normalized spacial score (nSPS) is 22.5. The highest BCUT2D eigenvalue weighted by molar-refractivity contribution is 6.00. The standard InChI is InChI=1S/C24H25NO7/c1-25(16(23(28)31-4)13-19(27)30-3)12-11-24-15-7-5-14-6-10-18(29-2)21(20(14)24)32-22(24)17(26)9-8-15/h6-10,13,22H,5,11-12H2,1-4H3/b16-13+/t22-,24-/m0/s1. The van der Waals surface area contributed by atoms with Gasteiger partial charge in [0.15, 0.2) is 23.4 Å². The number of ketones is 1. The molecule has 2 atom stereocenters. The number of hydrogen-bond acceptors (Lipinski definition) is 8. The van der Waals surface area contributed by atoms with Gasteiger partial charge in [0.1, 0.15) is 5.70 Å². The summed E-state index contributed by atoms with van der Waals surface area (Å²) in [5.74, 6) is -0.249. The number of hydrogen-bond donors (Lipinski definition) is 0. The summed E-state index contributed by atoms with van der Waals surface area (Å²) < 4.78 is 21.2. The highest BCUT2D eigenvalue weighted by atomic mass is 16.5. The lowest BCUT2D eigenvalue weighted by Gasteiger charge is -2.41. The zero-order chi connectivity index (χ0) is 23.0. The van der Waals surface area contributed by atoms with Crippen LogP contribution in [0.5, 0.6) is 11.5 Å². The van der Waals surface area contributed by atoms with Crippen molar-refractivity contribution in [1.82, 2.24) is 4.90 Å². The quantitative estimate of drug-likeness (QED) is 0.470. The minimum atomic E-state index is -0.719. The van der Waals surface area contributed by atoms with E-state index in [0.29, 0.717) is 24.5 Å². The number of esters is 2. The van der Waals surface area contributed by atoms with Crippen LogP contribution in [0.2, 0.25) is 0 Å². The molecule has 0 aromatic heterocycles. The second-order valence-electron chi connectivity index (χ2n) is 7.92. The van der Waals surface area contributed by atoms with Gasteiger partial charge in [-0.15, -0.1) is 0 Å². The molecule has 0 radical (unpaired) electrons. The first-order valence-electron chi connectivity index (χ1n) is 10.3. The van der Waals surface area contributed by atoms with Crippen molar-refractivity contribution in [2.45, 2.75) is 24.4 Å². The molecule has 168 valence electrons. The van der Waals surface area contributed by atoms with Gasteiger partial charge in [-0.1, -0.05) is 18.2 Å². The molecule has 0 unspecified atom stereocenters. The van der Waals surface area contributed by atoms with Crippen molar-refractivity contribution in [2.24, 2.45) is 0 Å². The van der Waals surface area contributed by atoms with E-state index in [1.54, 1.807) is 25.1 Å². The maximum atomic E-state index is 12.9. The van der Waals surface area contributed by atoms with Gasteiger partial charge in [0.25, 0.3) is 0 Å². The number of benzene rings is 1. The lowest BCUT2D eigenvalue weighted by molar-refractivity contribution is -0.140. The van der Waals surface area contributed by atoms with Crippen molar-refractivity contribution in [1.29, 1.82) is 0 Å². The summed E-state index contributed by atoms with van der Waals surface area (Å²) in [7, 11) is 5.75. The number of nitrogens with zero attached hydrogens (tertiary/aromatic N) is 1. The first kappa shape index (κ1) is 21.7. The monoisotopic (exact) mass is 439 g/mol. The largest absolute Gasteiger partial charge is 0.493 e. The minimum absolute atomic E-state index is 0.0672. The third kappa shape index (κ3) is 3.18. The van der Waals surface area contributed by atoms with E-state index in [1.165, 1.54) is 14.2 Å². The highest BCUT2D eigenvalue weighted by Crippen LogP contribution is 2.58. The molecule has 1 heterocycles. The molecule has 1 aromatic rings. The Kier molecular flexibility index (Phi) is 5.54. The zero-order valence-electron chi connectivity index (χ0n) is 18.5. The van der Waals surface area contributed by atoms with Crippen molar-refractivity contribution in [3.63, 3.8) is 0 Å². The predicted molar refractivity (Wildman–Crippen MR) is 114 cm³/mol. The van der Waals surface area contributed by atoms with Crippen LogP contribution in [0, 0.1) is 0 Å². The number of methoxy groups -OCH3 is 3. The summed E-state index contributed by atoms with van der Waals surface area (Å²) in [4.78, 5) is 38.6. The van der Waals surface area contributed by atoms with Crippen molar-refractivity contribution in [2.75, 3.05) is 34.9 Å². The Morgan fingerprint density at radius 2 is 2.00 bits per heavy atom. The van der Waals surface area contributed by atoms with Gasteiger partial charge in [-0.3, -0.25) is 4.79 Å². The van der Waals surface area contributed by atoms with Crippen LogP contribution in [0.25, 0.3) is 0 Å². The zero-order valence-corrected chi connectivity index (χ0v) is 18.5. The molecule has 0 bridgehead atoms. The van der Waals surface area contributed by atoms with Crippen molar-refractivity contribution >= 4 is 17.7 Å². The Morgan fingerprint density at radius 3 is 2.69 bits per heavy atom. The van der Waals surface area contributed by atoms with Crippen molar-refractivity contribution in [3.05, 3.63) is 58.8 Å². The molecule has 1 aromatic carbocycles. The van der Waals surface area contributed by atoms with E-state index >= 15 is 0 Å². The molecule has 2 aliphatic carbocycles. The summed E-state index contributed by atoms with van der Waals surface area (Å²) >= 11 is 0. The van der Waals surface area contributed by atoms with E-state index in [-0.39, 0.29) is 11.5 Å². The van der Waals surface area contributed by atoms with Gasteiger partial charge in [-0.2, -0.15) is 0 Å². The van der Waals surface area contributed by atoms with E-state index in [4.69, 9.17) is 14.2 Å².